The lowest BCUT2D eigenvalue weighted by Gasteiger charge is -1.95. The summed E-state index contributed by atoms with van der Waals surface area (Å²) in [6.45, 7) is 0. The zero-order valence-electron chi connectivity index (χ0n) is 7.57. The predicted octanol–water partition coefficient (Wildman–Crippen LogP) is 3.16. The van der Waals surface area contributed by atoms with Gasteiger partial charge >= 0.3 is 5.97 Å². The van der Waals surface area contributed by atoms with Crippen molar-refractivity contribution in [1.82, 2.24) is 0 Å². The molecule has 1 N–H and O–H groups in total. The zero-order chi connectivity index (χ0) is 10.1. The molecule has 0 bridgehead atoms. The topological polar surface area (TPSA) is 37.3 Å². The lowest BCUT2D eigenvalue weighted by atomic mass is 10.1. The Hall–Kier alpha value is -0.350. The van der Waals surface area contributed by atoms with Crippen molar-refractivity contribution in [3.05, 3.63) is 20.8 Å². The van der Waals surface area contributed by atoms with Gasteiger partial charge in [0.05, 0.1) is 9.70 Å². The monoisotopic (exact) mass is 274 g/mol. The van der Waals surface area contributed by atoms with Crippen LogP contribution in [-0.4, -0.2) is 11.1 Å². The fourth-order valence-electron chi connectivity index (χ4n) is 1.68. The molecule has 0 aromatic carbocycles. The van der Waals surface area contributed by atoms with E-state index < -0.39 is 5.97 Å². The maximum Gasteiger partial charge on any atom is 0.306 e. The summed E-state index contributed by atoms with van der Waals surface area (Å²) in [6.07, 6.45) is 2.91. The van der Waals surface area contributed by atoms with Gasteiger partial charge in [-0.2, -0.15) is 0 Å². The van der Waals surface area contributed by atoms with Crippen molar-refractivity contribution in [2.45, 2.75) is 19.3 Å². The Morgan fingerprint density at radius 2 is 2.43 bits per heavy atom. The van der Waals surface area contributed by atoms with Crippen LogP contribution >= 0.6 is 27.3 Å². The Labute approximate surface area is 95.1 Å². The summed E-state index contributed by atoms with van der Waals surface area (Å²) in [5.41, 5.74) is 0. The van der Waals surface area contributed by atoms with E-state index in [1.807, 2.05) is 6.07 Å². The molecule has 1 fully saturated rings. The van der Waals surface area contributed by atoms with Crippen LogP contribution in [0.5, 0.6) is 0 Å². The van der Waals surface area contributed by atoms with Crippen LogP contribution in [0.1, 0.15) is 17.7 Å². The Morgan fingerprint density at radius 3 is 2.93 bits per heavy atom. The number of hydrogen-bond donors (Lipinski definition) is 1. The second-order valence-electron chi connectivity index (χ2n) is 3.69. The summed E-state index contributed by atoms with van der Waals surface area (Å²) in [4.78, 5) is 11.9. The van der Waals surface area contributed by atoms with Gasteiger partial charge in [0, 0.05) is 4.88 Å². The van der Waals surface area contributed by atoms with E-state index in [2.05, 4.69) is 22.0 Å². The quantitative estimate of drug-likeness (QED) is 0.916. The highest BCUT2D eigenvalue weighted by Gasteiger charge is 2.42. The number of carboxylic acid groups (broad SMARTS) is 1. The Morgan fingerprint density at radius 1 is 1.64 bits per heavy atom. The fraction of sp³-hybridized carbons (Fsp3) is 0.500. The minimum absolute atomic E-state index is 0.0570. The first kappa shape index (κ1) is 10.2. The van der Waals surface area contributed by atoms with Crippen molar-refractivity contribution in [1.29, 1.82) is 0 Å². The lowest BCUT2D eigenvalue weighted by Crippen LogP contribution is -1.99. The van der Waals surface area contributed by atoms with E-state index in [1.165, 1.54) is 4.88 Å². The molecule has 2 rings (SSSR count). The maximum absolute atomic E-state index is 10.6. The Balaban J connectivity index is 1.77. The van der Waals surface area contributed by atoms with Crippen LogP contribution in [0.4, 0.5) is 0 Å². The van der Waals surface area contributed by atoms with E-state index in [1.54, 1.807) is 11.3 Å². The first-order valence-corrected chi connectivity index (χ1v) is 6.25. The molecule has 2 unspecified atom stereocenters. The van der Waals surface area contributed by atoms with Gasteiger partial charge < -0.3 is 5.11 Å². The first-order valence-electron chi connectivity index (χ1n) is 4.64. The predicted molar refractivity (Wildman–Crippen MR) is 59.6 cm³/mol. The number of halogens is 1. The van der Waals surface area contributed by atoms with E-state index in [9.17, 15) is 4.79 Å². The van der Waals surface area contributed by atoms with Crippen molar-refractivity contribution in [2.24, 2.45) is 11.8 Å². The zero-order valence-corrected chi connectivity index (χ0v) is 9.97. The van der Waals surface area contributed by atoms with Gasteiger partial charge in [0.1, 0.15) is 0 Å². The average molecular weight is 275 g/mol. The maximum atomic E-state index is 10.6. The fourth-order valence-corrected chi connectivity index (χ4v) is 3.18. The van der Waals surface area contributed by atoms with E-state index in [0.29, 0.717) is 5.92 Å². The van der Waals surface area contributed by atoms with Gasteiger partial charge in [-0.15, -0.1) is 11.3 Å². The minimum Gasteiger partial charge on any atom is -0.481 e. The van der Waals surface area contributed by atoms with Crippen molar-refractivity contribution in [3.8, 4) is 0 Å². The molecule has 1 heterocycles. The number of hydrogen-bond acceptors (Lipinski definition) is 2. The molecule has 76 valence electrons. The average Bonchev–Trinajstić information content (AvgIpc) is 2.80. The second kappa shape index (κ2) is 4.03. The molecule has 14 heavy (non-hydrogen) atoms. The van der Waals surface area contributed by atoms with E-state index >= 15 is 0 Å². The molecule has 0 saturated heterocycles. The van der Waals surface area contributed by atoms with Gasteiger partial charge in [-0.3, -0.25) is 4.79 Å². The molecule has 1 aliphatic rings. The van der Waals surface area contributed by atoms with Crippen LogP contribution in [0, 0.1) is 11.8 Å². The molecule has 1 saturated carbocycles. The minimum atomic E-state index is -0.623. The van der Waals surface area contributed by atoms with Crippen molar-refractivity contribution in [2.75, 3.05) is 0 Å². The highest BCUT2D eigenvalue weighted by atomic mass is 79.9. The van der Waals surface area contributed by atoms with Crippen LogP contribution in [0.2, 0.25) is 0 Å². The molecular weight excluding hydrogens is 264 g/mol. The standard InChI is InChI=1S/C10H11BrO2S/c11-9-4-3-7(14-9)2-1-6-5-8(6)10(12)13/h3-4,6,8H,1-2,5H2,(H,12,13). The number of carboxylic acids is 1. The molecule has 2 atom stereocenters. The molecule has 0 aliphatic heterocycles. The normalized spacial score (nSPS) is 24.9. The Kier molecular flexibility index (Phi) is 2.93. The molecule has 0 radical (unpaired) electrons. The summed E-state index contributed by atoms with van der Waals surface area (Å²) >= 11 is 5.15. The third-order valence-electron chi connectivity index (χ3n) is 2.63. The van der Waals surface area contributed by atoms with Crippen molar-refractivity contribution < 1.29 is 9.90 Å². The summed E-state index contributed by atoms with van der Waals surface area (Å²) < 4.78 is 1.15. The highest BCUT2D eigenvalue weighted by molar-refractivity contribution is 9.11. The summed E-state index contributed by atoms with van der Waals surface area (Å²) in [7, 11) is 0. The first-order chi connectivity index (χ1) is 6.66. The van der Waals surface area contributed by atoms with Crippen LogP contribution in [0.25, 0.3) is 0 Å². The number of thiophene rings is 1. The Bertz CT molecular complexity index is 348. The third kappa shape index (κ3) is 2.36. The summed E-state index contributed by atoms with van der Waals surface area (Å²) in [6, 6.07) is 4.15. The molecule has 1 aromatic rings. The largest absolute Gasteiger partial charge is 0.481 e. The summed E-state index contributed by atoms with van der Waals surface area (Å²) in [5.74, 6) is -0.255. The smallest absolute Gasteiger partial charge is 0.306 e. The van der Waals surface area contributed by atoms with Gasteiger partial charge in [-0.05, 0) is 53.2 Å². The lowest BCUT2D eigenvalue weighted by molar-refractivity contribution is -0.138. The van der Waals surface area contributed by atoms with E-state index in [-0.39, 0.29) is 5.92 Å². The van der Waals surface area contributed by atoms with E-state index in [4.69, 9.17) is 5.11 Å². The van der Waals surface area contributed by atoms with Crippen LogP contribution in [0.15, 0.2) is 15.9 Å². The molecule has 2 nitrogen and oxygen atoms in total. The van der Waals surface area contributed by atoms with Crippen LogP contribution < -0.4 is 0 Å². The van der Waals surface area contributed by atoms with Crippen LogP contribution in [0.3, 0.4) is 0 Å². The molecule has 0 amide bonds. The van der Waals surface area contributed by atoms with E-state index in [0.717, 1.165) is 23.0 Å². The van der Waals surface area contributed by atoms with Crippen molar-refractivity contribution in [3.63, 3.8) is 0 Å². The number of aryl methyl sites for hydroxylation is 1. The number of aliphatic carboxylic acids is 1. The van der Waals surface area contributed by atoms with Crippen molar-refractivity contribution >= 4 is 33.2 Å². The number of carbonyl (C=O) groups is 1. The van der Waals surface area contributed by atoms with Gasteiger partial charge in [0.2, 0.25) is 0 Å². The molecule has 4 heteroatoms. The van der Waals surface area contributed by atoms with Gasteiger partial charge in [0.15, 0.2) is 0 Å². The molecule has 0 spiro atoms. The van der Waals surface area contributed by atoms with Crippen LogP contribution in [-0.2, 0) is 11.2 Å². The SMILES string of the molecule is O=C(O)C1CC1CCc1ccc(Br)s1. The molecule has 1 aromatic heterocycles. The van der Waals surface area contributed by atoms with Gasteiger partial charge in [-0.25, -0.2) is 0 Å². The van der Waals surface area contributed by atoms with Gasteiger partial charge in [0.25, 0.3) is 0 Å². The van der Waals surface area contributed by atoms with Gasteiger partial charge in [-0.1, -0.05) is 0 Å². The summed E-state index contributed by atoms with van der Waals surface area (Å²) in [5, 5.41) is 8.72. The number of rotatable bonds is 4. The molecular formula is C10H11BrO2S. The third-order valence-corrected chi connectivity index (χ3v) is 4.31. The molecule has 1 aliphatic carbocycles. The highest BCUT2D eigenvalue weighted by Crippen LogP contribution is 2.42. The second-order valence-corrected chi connectivity index (χ2v) is 6.23.